The lowest BCUT2D eigenvalue weighted by molar-refractivity contribution is 0.670. The molecule has 45 heavy (non-hydrogen) atoms. The summed E-state index contributed by atoms with van der Waals surface area (Å²) in [4.78, 5) is 0. The van der Waals surface area contributed by atoms with Crippen LogP contribution in [0.1, 0.15) is 0 Å². The van der Waals surface area contributed by atoms with E-state index in [0.29, 0.717) is 0 Å². The molecular weight excluding hydrogens is 544 g/mol. The van der Waals surface area contributed by atoms with E-state index in [4.69, 9.17) is 4.42 Å². The van der Waals surface area contributed by atoms with Crippen LogP contribution in [0.2, 0.25) is 0 Å². The van der Waals surface area contributed by atoms with Crippen LogP contribution in [0, 0.1) is 0 Å². The van der Waals surface area contributed by atoms with Gasteiger partial charge in [-0.15, -0.1) is 0 Å². The first kappa shape index (κ1) is 25.6. The van der Waals surface area contributed by atoms with Crippen molar-refractivity contribution in [3.05, 3.63) is 170 Å². The zero-order valence-electron chi connectivity index (χ0n) is 24.6. The summed E-state index contributed by atoms with van der Waals surface area (Å²) < 4.78 is 6.74. The van der Waals surface area contributed by atoms with Gasteiger partial charge >= 0.3 is 0 Å². The lowest BCUT2D eigenvalue weighted by atomic mass is 9.83. The van der Waals surface area contributed by atoms with Crippen molar-refractivity contribution in [3.8, 4) is 44.5 Å². The summed E-state index contributed by atoms with van der Waals surface area (Å²) in [5.74, 6) is 0. The minimum atomic E-state index is 0.902. The maximum atomic E-state index is 6.74. The smallest absolute Gasteiger partial charge is 0.143 e. The van der Waals surface area contributed by atoms with Crippen LogP contribution in [0.4, 0.5) is 0 Å². The van der Waals surface area contributed by atoms with Gasteiger partial charge in [-0.2, -0.15) is 0 Å². The van der Waals surface area contributed by atoms with Gasteiger partial charge in [-0.05, 0) is 66.6 Å². The van der Waals surface area contributed by atoms with Crippen LogP contribution in [0.15, 0.2) is 174 Å². The molecule has 0 radical (unpaired) electrons. The van der Waals surface area contributed by atoms with Gasteiger partial charge in [0.25, 0.3) is 0 Å². The van der Waals surface area contributed by atoms with Crippen molar-refractivity contribution in [2.45, 2.75) is 0 Å². The first-order chi connectivity index (χ1) is 22.4. The van der Waals surface area contributed by atoms with E-state index < -0.39 is 0 Å². The van der Waals surface area contributed by atoms with Gasteiger partial charge in [0.1, 0.15) is 11.2 Å². The maximum Gasteiger partial charge on any atom is 0.143 e. The van der Waals surface area contributed by atoms with Gasteiger partial charge < -0.3 is 4.42 Å². The largest absolute Gasteiger partial charge is 0.455 e. The molecule has 9 aromatic rings. The highest BCUT2D eigenvalue weighted by atomic mass is 16.3. The molecular formula is C44H28O. The van der Waals surface area contributed by atoms with Crippen molar-refractivity contribution in [1.82, 2.24) is 0 Å². The Morgan fingerprint density at radius 2 is 0.756 bits per heavy atom. The van der Waals surface area contributed by atoms with Crippen LogP contribution in [0.5, 0.6) is 0 Å². The van der Waals surface area contributed by atoms with Gasteiger partial charge in [-0.3, -0.25) is 0 Å². The first-order valence-corrected chi connectivity index (χ1v) is 15.4. The van der Waals surface area contributed by atoms with E-state index in [1.165, 1.54) is 54.9 Å². The number of hydrogen-bond acceptors (Lipinski definition) is 1. The zero-order chi connectivity index (χ0) is 29.7. The molecule has 0 fully saturated rings. The molecule has 0 bridgehead atoms. The van der Waals surface area contributed by atoms with Crippen LogP contribution in [0.25, 0.3) is 88.0 Å². The monoisotopic (exact) mass is 572 g/mol. The predicted octanol–water partition coefficient (Wildman–Crippen LogP) is 12.6. The summed E-state index contributed by atoms with van der Waals surface area (Å²) in [5.41, 5.74) is 11.4. The van der Waals surface area contributed by atoms with Crippen molar-refractivity contribution in [2.75, 3.05) is 0 Å². The molecule has 8 aromatic carbocycles. The van der Waals surface area contributed by atoms with Gasteiger partial charge in [0, 0.05) is 16.3 Å². The van der Waals surface area contributed by atoms with Crippen LogP contribution in [-0.4, -0.2) is 0 Å². The molecule has 1 heterocycles. The molecule has 0 amide bonds. The third-order valence-corrected chi connectivity index (χ3v) is 9.09. The van der Waals surface area contributed by atoms with Gasteiger partial charge in [-0.1, -0.05) is 164 Å². The molecule has 0 spiro atoms. The van der Waals surface area contributed by atoms with E-state index in [1.807, 2.05) is 0 Å². The number of rotatable bonds is 4. The molecule has 1 heteroatoms. The fourth-order valence-electron chi connectivity index (χ4n) is 7.19. The Morgan fingerprint density at radius 1 is 0.289 bits per heavy atom. The highest BCUT2D eigenvalue weighted by Gasteiger charge is 2.21. The number of fused-ring (bicyclic) bond motifs is 5. The molecule has 210 valence electrons. The topological polar surface area (TPSA) is 13.1 Å². The van der Waals surface area contributed by atoms with Gasteiger partial charge in [0.2, 0.25) is 0 Å². The van der Waals surface area contributed by atoms with E-state index in [0.717, 1.165) is 33.1 Å². The van der Waals surface area contributed by atoms with Crippen LogP contribution >= 0.6 is 0 Å². The highest BCUT2D eigenvalue weighted by molar-refractivity contribution is 6.23. The molecule has 0 atom stereocenters. The first-order valence-electron chi connectivity index (χ1n) is 15.4. The van der Waals surface area contributed by atoms with E-state index in [1.54, 1.807) is 0 Å². The summed E-state index contributed by atoms with van der Waals surface area (Å²) in [6, 6.07) is 60.8. The van der Waals surface area contributed by atoms with Crippen molar-refractivity contribution in [1.29, 1.82) is 0 Å². The molecule has 9 rings (SSSR count). The Kier molecular flexibility index (Phi) is 5.89. The summed E-state index contributed by atoms with van der Waals surface area (Å²) in [6.07, 6.45) is 0. The lowest BCUT2D eigenvalue weighted by Gasteiger charge is -2.19. The Balaban J connectivity index is 1.36. The van der Waals surface area contributed by atoms with Crippen molar-refractivity contribution >= 4 is 43.5 Å². The Hall–Kier alpha value is -5.92. The Labute approximate surface area is 261 Å². The second-order valence-corrected chi connectivity index (χ2v) is 11.6. The standard InChI is InChI=1S/C44H28O/c1-3-15-29(16-4-1)31-25-14-28-40-43(31)39-27-13-26-38(44(39)45-40)32-19-7-8-20-33(32)42-36-23-11-9-21-34(36)41(30-17-5-2-6-18-30)35-22-10-12-24-37(35)42/h1-28H. The van der Waals surface area contributed by atoms with Crippen molar-refractivity contribution in [3.63, 3.8) is 0 Å². The molecule has 1 nitrogen and oxygen atoms in total. The SMILES string of the molecule is c1ccc(-c2c3ccccc3c(-c3ccccc3-c3cccc4c3oc3cccc(-c5ccccc5)c34)c3ccccc23)cc1. The van der Waals surface area contributed by atoms with Crippen molar-refractivity contribution in [2.24, 2.45) is 0 Å². The second kappa shape index (κ2) is 10.4. The van der Waals surface area contributed by atoms with Gasteiger partial charge in [0.15, 0.2) is 0 Å². The maximum absolute atomic E-state index is 6.74. The minimum absolute atomic E-state index is 0.902. The molecule has 1 aromatic heterocycles. The summed E-state index contributed by atoms with van der Waals surface area (Å²) >= 11 is 0. The van der Waals surface area contributed by atoms with Crippen LogP contribution < -0.4 is 0 Å². The molecule has 0 aliphatic rings. The molecule has 0 unspecified atom stereocenters. The minimum Gasteiger partial charge on any atom is -0.455 e. The average molecular weight is 573 g/mol. The number of hydrogen-bond donors (Lipinski definition) is 0. The highest BCUT2D eigenvalue weighted by Crippen LogP contribution is 2.48. The summed E-state index contributed by atoms with van der Waals surface area (Å²) in [6.45, 7) is 0. The van der Waals surface area contributed by atoms with Gasteiger partial charge in [-0.25, -0.2) is 0 Å². The number of para-hydroxylation sites is 1. The fourth-order valence-corrected chi connectivity index (χ4v) is 7.19. The summed E-state index contributed by atoms with van der Waals surface area (Å²) in [5, 5.41) is 7.27. The predicted molar refractivity (Wildman–Crippen MR) is 190 cm³/mol. The fraction of sp³-hybridized carbons (Fsp3) is 0. The van der Waals surface area contributed by atoms with Crippen LogP contribution in [-0.2, 0) is 0 Å². The molecule has 0 saturated carbocycles. The van der Waals surface area contributed by atoms with E-state index in [2.05, 4.69) is 170 Å². The van der Waals surface area contributed by atoms with E-state index in [-0.39, 0.29) is 0 Å². The average Bonchev–Trinajstić information content (AvgIpc) is 3.51. The molecule has 0 saturated heterocycles. The van der Waals surface area contributed by atoms with Crippen molar-refractivity contribution < 1.29 is 4.42 Å². The third-order valence-electron chi connectivity index (χ3n) is 9.09. The normalized spacial score (nSPS) is 11.6. The number of furan rings is 1. The van der Waals surface area contributed by atoms with E-state index >= 15 is 0 Å². The molecule has 0 N–H and O–H groups in total. The third kappa shape index (κ3) is 4.02. The number of benzene rings is 8. The Bertz CT molecular complexity index is 2460. The van der Waals surface area contributed by atoms with E-state index in [9.17, 15) is 0 Å². The molecule has 0 aliphatic carbocycles. The lowest BCUT2D eigenvalue weighted by Crippen LogP contribution is -1.92. The zero-order valence-corrected chi connectivity index (χ0v) is 24.6. The quantitative estimate of drug-likeness (QED) is 0.191. The second-order valence-electron chi connectivity index (χ2n) is 11.6. The van der Waals surface area contributed by atoms with Gasteiger partial charge in [0.05, 0.1) is 0 Å². The van der Waals surface area contributed by atoms with Crippen LogP contribution in [0.3, 0.4) is 0 Å². The summed E-state index contributed by atoms with van der Waals surface area (Å²) in [7, 11) is 0. The molecule has 0 aliphatic heterocycles. The Morgan fingerprint density at radius 3 is 1.42 bits per heavy atom.